The lowest BCUT2D eigenvalue weighted by Gasteiger charge is -1.99. The van der Waals surface area contributed by atoms with Crippen LogP contribution in [0, 0.1) is 17.8 Å². The first-order valence-corrected chi connectivity index (χ1v) is 6.97. The zero-order chi connectivity index (χ0) is 14.2. The van der Waals surface area contributed by atoms with Gasteiger partial charge in [0.25, 0.3) is 0 Å². The molecular weight excluding hydrogens is 256 g/mol. The summed E-state index contributed by atoms with van der Waals surface area (Å²) in [6.45, 7) is 0. The third kappa shape index (κ3) is 1.93. The van der Waals surface area contributed by atoms with Crippen molar-refractivity contribution in [3.05, 3.63) is 83.5 Å². The van der Waals surface area contributed by atoms with Crippen LogP contribution in [-0.4, -0.2) is 5.78 Å². The average molecular weight is 268 g/mol. The molecule has 0 fully saturated rings. The topological polar surface area (TPSA) is 17.1 Å². The second-order valence-electron chi connectivity index (χ2n) is 5.20. The van der Waals surface area contributed by atoms with E-state index in [1.807, 2.05) is 54.6 Å². The van der Waals surface area contributed by atoms with Crippen LogP contribution in [-0.2, 0) is 0 Å². The number of allylic oxidation sites excluding steroid dienone is 4. The maximum absolute atomic E-state index is 12.4. The second kappa shape index (κ2) is 4.61. The molecule has 0 unspecified atom stereocenters. The molecule has 2 aromatic rings. The van der Waals surface area contributed by atoms with Crippen LogP contribution in [0.4, 0.5) is 0 Å². The van der Waals surface area contributed by atoms with Crippen molar-refractivity contribution >= 4 is 5.78 Å². The first kappa shape index (κ1) is 11.9. The Labute approximate surface area is 123 Å². The molecule has 1 nitrogen and oxygen atoms in total. The predicted molar refractivity (Wildman–Crippen MR) is 84.0 cm³/mol. The summed E-state index contributed by atoms with van der Waals surface area (Å²) < 4.78 is 0. The summed E-state index contributed by atoms with van der Waals surface area (Å²) in [5.41, 5.74) is 4.49. The lowest BCUT2D eigenvalue weighted by Crippen LogP contribution is -1.95. The van der Waals surface area contributed by atoms with E-state index >= 15 is 0 Å². The van der Waals surface area contributed by atoms with E-state index in [0.717, 1.165) is 27.8 Å². The Morgan fingerprint density at radius 3 is 2.33 bits per heavy atom. The molecule has 2 aliphatic rings. The number of hydrogen-bond acceptors (Lipinski definition) is 1. The fourth-order valence-corrected chi connectivity index (χ4v) is 2.80. The van der Waals surface area contributed by atoms with Crippen molar-refractivity contribution in [1.82, 2.24) is 0 Å². The van der Waals surface area contributed by atoms with Gasteiger partial charge in [-0.05, 0) is 23.3 Å². The van der Waals surface area contributed by atoms with Crippen molar-refractivity contribution in [1.29, 1.82) is 0 Å². The van der Waals surface area contributed by atoms with Crippen LogP contribution < -0.4 is 0 Å². The molecule has 21 heavy (non-hydrogen) atoms. The largest absolute Gasteiger partial charge is 0.289 e. The summed E-state index contributed by atoms with van der Waals surface area (Å²) in [4.78, 5) is 12.4. The smallest absolute Gasteiger partial charge is 0.194 e. The van der Waals surface area contributed by atoms with E-state index < -0.39 is 0 Å². The first-order valence-electron chi connectivity index (χ1n) is 6.97. The highest BCUT2D eigenvalue weighted by Gasteiger charge is 2.25. The van der Waals surface area contributed by atoms with Crippen molar-refractivity contribution in [2.45, 2.75) is 0 Å². The number of benzene rings is 2. The van der Waals surface area contributed by atoms with Crippen LogP contribution in [0.2, 0.25) is 0 Å². The van der Waals surface area contributed by atoms with Crippen molar-refractivity contribution in [2.24, 2.45) is 5.92 Å². The number of hydrogen-bond donors (Lipinski definition) is 0. The monoisotopic (exact) mass is 268 g/mol. The number of ketones is 1. The average Bonchev–Trinajstić information content (AvgIpc) is 3.14. The van der Waals surface area contributed by atoms with Crippen LogP contribution in [0.25, 0.3) is 11.1 Å². The van der Waals surface area contributed by atoms with Gasteiger partial charge in [-0.1, -0.05) is 66.5 Å². The molecule has 2 aliphatic carbocycles. The van der Waals surface area contributed by atoms with E-state index in [-0.39, 0.29) is 11.7 Å². The Morgan fingerprint density at radius 2 is 1.52 bits per heavy atom. The second-order valence-corrected chi connectivity index (χ2v) is 5.20. The zero-order valence-electron chi connectivity index (χ0n) is 11.3. The van der Waals surface area contributed by atoms with Gasteiger partial charge in [0.2, 0.25) is 0 Å². The Balaban J connectivity index is 1.75. The zero-order valence-corrected chi connectivity index (χ0v) is 11.3. The molecule has 2 aromatic carbocycles. The van der Waals surface area contributed by atoms with Gasteiger partial charge in [0.15, 0.2) is 5.78 Å². The first-order chi connectivity index (χ1) is 10.3. The molecule has 0 saturated carbocycles. The summed E-state index contributed by atoms with van der Waals surface area (Å²) in [6.07, 6.45) is 8.12. The summed E-state index contributed by atoms with van der Waals surface area (Å²) in [7, 11) is 0. The van der Waals surface area contributed by atoms with Gasteiger partial charge in [-0.15, -0.1) is 0 Å². The third-order valence-corrected chi connectivity index (χ3v) is 3.86. The number of carbonyl (C=O) groups excluding carboxylic acids is 1. The molecule has 0 atom stereocenters. The van der Waals surface area contributed by atoms with Crippen molar-refractivity contribution in [2.75, 3.05) is 0 Å². The van der Waals surface area contributed by atoms with E-state index in [0.29, 0.717) is 0 Å². The van der Waals surface area contributed by atoms with Gasteiger partial charge in [-0.2, -0.15) is 0 Å². The van der Waals surface area contributed by atoms with Gasteiger partial charge < -0.3 is 0 Å². The third-order valence-electron chi connectivity index (χ3n) is 3.86. The van der Waals surface area contributed by atoms with E-state index in [4.69, 9.17) is 0 Å². The predicted octanol–water partition coefficient (Wildman–Crippen LogP) is 3.99. The van der Waals surface area contributed by atoms with Crippen LogP contribution in [0.15, 0.2) is 66.8 Å². The molecule has 1 heteroatoms. The van der Waals surface area contributed by atoms with Gasteiger partial charge in [0, 0.05) is 16.7 Å². The standard InChI is InChI=1S/C20H12O/c21-20-18-8-4-3-7-16(18)17-12-11-15(13-19(17)20)10-9-14-5-1-2-6-14/h1-8,11-14H. The van der Waals surface area contributed by atoms with E-state index in [2.05, 4.69) is 24.0 Å². The SMILES string of the molecule is O=C1c2ccccc2-c2ccc(C#CC3C=CC=C3)cc21. The minimum Gasteiger partial charge on any atom is -0.289 e. The molecule has 0 saturated heterocycles. The summed E-state index contributed by atoms with van der Waals surface area (Å²) in [5.74, 6) is 6.64. The Hall–Kier alpha value is -2.85. The van der Waals surface area contributed by atoms with Crippen molar-refractivity contribution in [3.8, 4) is 23.0 Å². The number of fused-ring (bicyclic) bond motifs is 3. The van der Waals surface area contributed by atoms with Gasteiger partial charge in [-0.3, -0.25) is 4.79 Å². The van der Waals surface area contributed by atoms with Crippen LogP contribution >= 0.6 is 0 Å². The van der Waals surface area contributed by atoms with Gasteiger partial charge in [0.05, 0.1) is 5.92 Å². The van der Waals surface area contributed by atoms with E-state index in [1.165, 1.54) is 0 Å². The van der Waals surface area contributed by atoms with E-state index in [1.54, 1.807) is 0 Å². The fraction of sp³-hybridized carbons (Fsp3) is 0.0500. The molecule has 0 spiro atoms. The maximum atomic E-state index is 12.4. The quantitative estimate of drug-likeness (QED) is 0.563. The summed E-state index contributed by atoms with van der Waals surface area (Å²) in [5, 5.41) is 0. The molecule has 4 rings (SSSR count). The molecule has 0 amide bonds. The van der Waals surface area contributed by atoms with Crippen LogP contribution in [0.3, 0.4) is 0 Å². The lowest BCUT2D eigenvalue weighted by molar-refractivity contribution is 0.104. The maximum Gasteiger partial charge on any atom is 0.194 e. The lowest BCUT2D eigenvalue weighted by atomic mass is 10.0. The molecule has 0 heterocycles. The fourth-order valence-electron chi connectivity index (χ4n) is 2.80. The molecule has 0 N–H and O–H groups in total. The Bertz CT molecular complexity index is 860. The number of carbonyl (C=O) groups is 1. The van der Waals surface area contributed by atoms with Gasteiger partial charge in [0.1, 0.15) is 0 Å². The molecule has 0 bridgehead atoms. The minimum absolute atomic E-state index is 0.102. The van der Waals surface area contributed by atoms with Crippen molar-refractivity contribution < 1.29 is 4.79 Å². The molecule has 98 valence electrons. The normalized spacial score (nSPS) is 14.8. The Kier molecular flexibility index (Phi) is 2.62. The Morgan fingerprint density at radius 1 is 0.810 bits per heavy atom. The molecule has 0 aliphatic heterocycles. The highest BCUT2D eigenvalue weighted by molar-refractivity contribution is 6.21. The van der Waals surface area contributed by atoms with Crippen LogP contribution in [0.1, 0.15) is 21.5 Å². The molecule has 0 radical (unpaired) electrons. The summed E-state index contributed by atoms with van der Waals surface area (Å²) >= 11 is 0. The number of rotatable bonds is 0. The van der Waals surface area contributed by atoms with Crippen LogP contribution in [0.5, 0.6) is 0 Å². The highest BCUT2D eigenvalue weighted by atomic mass is 16.1. The van der Waals surface area contributed by atoms with Gasteiger partial charge in [-0.25, -0.2) is 0 Å². The summed E-state index contributed by atoms with van der Waals surface area (Å²) in [6, 6.07) is 13.7. The van der Waals surface area contributed by atoms with Gasteiger partial charge >= 0.3 is 0 Å². The van der Waals surface area contributed by atoms with Crippen molar-refractivity contribution in [3.63, 3.8) is 0 Å². The minimum atomic E-state index is 0.102. The highest BCUT2D eigenvalue weighted by Crippen LogP contribution is 2.36. The molecular formula is C20H12O. The molecule has 0 aromatic heterocycles. The van der Waals surface area contributed by atoms with E-state index in [9.17, 15) is 4.79 Å².